The van der Waals surface area contributed by atoms with E-state index >= 15 is 0 Å². The Balaban J connectivity index is 1.74. The summed E-state index contributed by atoms with van der Waals surface area (Å²) >= 11 is 0. The number of hydrogen-bond acceptors (Lipinski definition) is 6. The van der Waals surface area contributed by atoms with Crippen LogP contribution in [0.2, 0.25) is 0 Å². The Hall–Kier alpha value is -4.19. The van der Waals surface area contributed by atoms with Crippen molar-refractivity contribution in [1.82, 2.24) is 19.9 Å². The number of alkyl halides is 3. The summed E-state index contributed by atoms with van der Waals surface area (Å²) in [6.45, 7) is 2.78. The van der Waals surface area contributed by atoms with Crippen molar-refractivity contribution in [1.29, 1.82) is 0 Å². The third kappa shape index (κ3) is 6.02. The number of nitrogens with one attached hydrogen (secondary N) is 3. The number of anilines is 4. The van der Waals surface area contributed by atoms with Gasteiger partial charge in [-0.2, -0.15) is 13.2 Å². The first-order valence-corrected chi connectivity index (χ1v) is 11.7. The summed E-state index contributed by atoms with van der Waals surface area (Å²) in [5, 5.41) is 6.06. The fraction of sp³-hybridized carbons (Fsp3) is 0.269. The number of hydrogen-bond donors (Lipinski definition) is 3. The maximum Gasteiger partial charge on any atom is 0.421 e. The molecule has 3 N–H and O–H groups in total. The van der Waals surface area contributed by atoms with E-state index in [1.165, 1.54) is 31.3 Å². The molecule has 200 valence electrons. The molecule has 0 unspecified atom stereocenters. The molecule has 0 saturated carbocycles. The van der Waals surface area contributed by atoms with Crippen LogP contribution in [0.15, 0.2) is 48.8 Å². The van der Waals surface area contributed by atoms with Crippen LogP contribution in [0, 0.1) is 5.82 Å². The van der Waals surface area contributed by atoms with Gasteiger partial charge in [-0.25, -0.2) is 14.4 Å². The molecule has 8 nitrogen and oxygen atoms in total. The molecule has 38 heavy (non-hydrogen) atoms. The second kappa shape index (κ2) is 10.7. The zero-order chi connectivity index (χ0) is 27.6. The quantitative estimate of drug-likeness (QED) is 0.262. The highest BCUT2D eigenvalue weighted by Crippen LogP contribution is 2.38. The maximum absolute atomic E-state index is 13.9. The first-order valence-electron chi connectivity index (χ1n) is 11.7. The third-order valence-electron chi connectivity index (χ3n) is 5.84. The van der Waals surface area contributed by atoms with Crippen molar-refractivity contribution in [2.24, 2.45) is 0 Å². The van der Waals surface area contributed by atoms with Crippen LogP contribution < -0.4 is 15.5 Å². The number of likely N-dealkylation sites (N-methyl/N-ethyl adjacent to an activating group) is 2. The monoisotopic (exact) mass is 529 g/mol. The molecule has 0 fully saturated rings. The van der Waals surface area contributed by atoms with Crippen LogP contribution in [0.5, 0.6) is 0 Å². The number of nitrogens with zero attached hydrogens (tertiary/aromatic N) is 4. The van der Waals surface area contributed by atoms with Gasteiger partial charge in [0, 0.05) is 61.6 Å². The number of aromatic nitrogens is 3. The zero-order valence-corrected chi connectivity index (χ0v) is 21.2. The topological polar surface area (TPSA) is 89.2 Å². The van der Waals surface area contributed by atoms with Crippen molar-refractivity contribution in [3.63, 3.8) is 0 Å². The molecular formula is C26H27F4N7O. The van der Waals surface area contributed by atoms with Gasteiger partial charge >= 0.3 is 6.18 Å². The Kier molecular flexibility index (Phi) is 7.53. The number of fused-ring (bicyclic) bond motifs is 1. The molecule has 12 heteroatoms. The molecule has 0 aliphatic carbocycles. The van der Waals surface area contributed by atoms with Gasteiger partial charge in [-0.3, -0.25) is 4.79 Å². The number of aromatic amines is 1. The molecule has 2 aromatic heterocycles. The van der Waals surface area contributed by atoms with E-state index in [0.717, 1.165) is 6.54 Å². The molecule has 2 heterocycles. The Bertz CT molecular complexity index is 1470. The van der Waals surface area contributed by atoms with Crippen LogP contribution in [0.3, 0.4) is 0 Å². The molecule has 0 atom stereocenters. The van der Waals surface area contributed by atoms with E-state index in [0.29, 0.717) is 40.6 Å². The number of benzene rings is 2. The minimum absolute atomic E-state index is 0.0282. The minimum Gasteiger partial charge on any atom is -0.372 e. The maximum atomic E-state index is 13.9. The van der Waals surface area contributed by atoms with Gasteiger partial charge in [-0.1, -0.05) is 0 Å². The van der Waals surface area contributed by atoms with Crippen molar-refractivity contribution < 1.29 is 22.4 Å². The highest BCUT2D eigenvalue weighted by molar-refractivity contribution is 5.95. The van der Waals surface area contributed by atoms with E-state index in [1.807, 2.05) is 30.9 Å². The normalized spacial score (nSPS) is 11.7. The van der Waals surface area contributed by atoms with Gasteiger partial charge in [-0.05, 0) is 50.5 Å². The lowest BCUT2D eigenvalue weighted by atomic mass is 10.1. The van der Waals surface area contributed by atoms with Gasteiger partial charge in [0.15, 0.2) is 5.82 Å². The first kappa shape index (κ1) is 26.9. The second-order valence-electron chi connectivity index (χ2n) is 9.11. The molecule has 4 rings (SSSR count). The third-order valence-corrected chi connectivity index (χ3v) is 5.84. The Morgan fingerprint density at radius 2 is 1.84 bits per heavy atom. The Morgan fingerprint density at radius 3 is 2.53 bits per heavy atom. The molecule has 0 bridgehead atoms. The standard InChI is InChI=1S/C26H27F4N7O/c1-15(38)33-22-12-17(6-8-23(22)37(4)10-9-36(2)3)34-25-20(26(28,29)30)14-32-24(35-25)19-13-31-21-11-16(27)5-7-18(19)21/h5-8,11-14,31H,9-10H2,1-4H3,(H,33,38)(H,32,34,35). The minimum atomic E-state index is -4.73. The number of halogens is 4. The van der Waals surface area contributed by atoms with Crippen LogP contribution in [0.1, 0.15) is 12.5 Å². The van der Waals surface area contributed by atoms with Crippen molar-refractivity contribution in [2.75, 3.05) is 49.8 Å². The van der Waals surface area contributed by atoms with Crippen molar-refractivity contribution in [2.45, 2.75) is 13.1 Å². The van der Waals surface area contributed by atoms with Crippen molar-refractivity contribution in [3.8, 4) is 11.4 Å². The van der Waals surface area contributed by atoms with Gasteiger partial charge in [0.1, 0.15) is 17.2 Å². The van der Waals surface area contributed by atoms with Gasteiger partial charge in [0.05, 0.1) is 11.4 Å². The van der Waals surface area contributed by atoms with E-state index in [9.17, 15) is 22.4 Å². The highest BCUT2D eigenvalue weighted by atomic mass is 19.4. The molecule has 0 aliphatic heterocycles. The van der Waals surface area contributed by atoms with E-state index in [1.54, 1.807) is 18.2 Å². The highest BCUT2D eigenvalue weighted by Gasteiger charge is 2.35. The van der Waals surface area contributed by atoms with Crippen molar-refractivity contribution in [3.05, 3.63) is 60.2 Å². The van der Waals surface area contributed by atoms with Gasteiger partial charge in [0.2, 0.25) is 5.91 Å². The molecule has 4 aromatic rings. The number of carbonyl (C=O) groups excluding carboxylic acids is 1. The molecular weight excluding hydrogens is 502 g/mol. The average Bonchev–Trinajstić information content (AvgIpc) is 3.24. The van der Waals surface area contributed by atoms with E-state index < -0.39 is 23.4 Å². The first-order chi connectivity index (χ1) is 17.9. The zero-order valence-electron chi connectivity index (χ0n) is 21.2. The summed E-state index contributed by atoms with van der Waals surface area (Å²) in [5.74, 6) is -1.20. The fourth-order valence-electron chi connectivity index (χ4n) is 3.94. The van der Waals surface area contributed by atoms with E-state index in [-0.39, 0.29) is 17.4 Å². The van der Waals surface area contributed by atoms with Crippen LogP contribution in [0.25, 0.3) is 22.3 Å². The number of H-pyrrole nitrogens is 1. The second-order valence-corrected chi connectivity index (χ2v) is 9.11. The van der Waals surface area contributed by atoms with Crippen LogP contribution in [0.4, 0.5) is 40.4 Å². The molecule has 1 amide bonds. The summed E-state index contributed by atoms with van der Waals surface area (Å²) in [4.78, 5) is 26.8. The van der Waals surface area contributed by atoms with Gasteiger partial charge in [0.25, 0.3) is 0 Å². The van der Waals surface area contributed by atoms with Crippen molar-refractivity contribution >= 4 is 39.7 Å². The summed E-state index contributed by atoms with van der Waals surface area (Å²) in [5.41, 5.74) is 1.26. The lowest BCUT2D eigenvalue weighted by Gasteiger charge is -2.25. The smallest absolute Gasteiger partial charge is 0.372 e. The average molecular weight is 530 g/mol. The molecule has 0 radical (unpaired) electrons. The van der Waals surface area contributed by atoms with Crippen LogP contribution in [-0.2, 0) is 11.0 Å². The summed E-state index contributed by atoms with van der Waals surface area (Å²) in [7, 11) is 5.75. The molecule has 2 aromatic carbocycles. The van der Waals surface area contributed by atoms with Gasteiger partial charge in [-0.15, -0.1) is 0 Å². The molecule has 0 saturated heterocycles. The van der Waals surface area contributed by atoms with Crippen LogP contribution >= 0.6 is 0 Å². The Morgan fingerprint density at radius 1 is 1.08 bits per heavy atom. The lowest BCUT2D eigenvalue weighted by Crippen LogP contribution is -2.29. The summed E-state index contributed by atoms with van der Waals surface area (Å²) < 4.78 is 55.2. The number of carbonyl (C=O) groups is 1. The fourth-order valence-corrected chi connectivity index (χ4v) is 3.94. The number of amides is 1. The molecule has 0 spiro atoms. The summed E-state index contributed by atoms with van der Waals surface area (Å²) in [6.07, 6.45) is -2.49. The molecule has 0 aliphatic rings. The SMILES string of the molecule is CC(=O)Nc1cc(Nc2nc(-c3c[nH]c4cc(F)ccc34)ncc2C(F)(F)F)ccc1N(C)CCN(C)C. The van der Waals surface area contributed by atoms with E-state index in [4.69, 9.17) is 0 Å². The predicted molar refractivity (Wildman–Crippen MR) is 140 cm³/mol. The predicted octanol–water partition coefficient (Wildman–Crippen LogP) is 5.48. The van der Waals surface area contributed by atoms with E-state index in [2.05, 4.69) is 25.6 Å². The Labute approximate surface area is 216 Å². The van der Waals surface area contributed by atoms with Gasteiger partial charge < -0.3 is 25.4 Å². The summed E-state index contributed by atoms with van der Waals surface area (Å²) in [6, 6.07) is 8.93. The lowest BCUT2D eigenvalue weighted by molar-refractivity contribution is -0.137. The van der Waals surface area contributed by atoms with Crippen LogP contribution in [-0.4, -0.2) is 60.0 Å². The largest absolute Gasteiger partial charge is 0.421 e. The number of rotatable bonds is 8.